The molecule has 0 saturated carbocycles. The molecule has 0 fully saturated rings. The SMILES string of the molecule is C[Si](C)c1cc2ccccc2[cH-]1.Cc1[c-][nH]c2cccc(C)c12.[Cl-].[Cl-].[Ti+4]. The molecule has 5 heteroatoms. The molecule has 0 amide bonds. The standard InChI is InChI=1S/C11H12Si.C10H10N.2ClH.Ti/c1-12(2)11-7-9-5-3-4-6-10(9)8-11;1-7-4-3-5-9-10(7)8(2)6-11-9;;;/h3-8H,1-2H3;3-5,11H,1-2H3;2*1H;/q2*-1;;;+4/p-2. The number of H-pyrrole nitrogens is 1. The third-order valence-corrected chi connectivity index (χ3v) is 5.67. The molecule has 133 valence electrons. The van der Waals surface area contributed by atoms with E-state index in [-0.39, 0.29) is 55.3 Å². The van der Waals surface area contributed by atoms with Gasteiger partial charge in [0.1, 0.15) is 0 Å². The molecule has 1 nitrogen and oxygen atoms in total. The van der Waals surface area contributed by atoms with Gasteiger partial charge in [-0.05, 0) is 0 Å². The molecule has 0 aliphatic heterocycles. The summed E-state index contributed by atoms with van der Waals surface area (Å²) in [5, 5.41) is 5.63. The Morgan fingerprint density at radius 1 is 0.962 bits per heavy atom. The Labute approximate surface area is 185 Å². The number of fused-ring (bicyclic) bond motifs is 2. The van der Waals surface area contributed by atoms with E-state index in [1.807, 2.05) is 0 Å². The van der Waals surface area contributed by atoms with Gasteiger partial charge in [0.05, 0.1) is 8.80 Å². The number of halogens is 2. The predicted octanol–water partition coefficient (Wildman–Crippen LogP) is -0.889. The molecule has 3 aromatic carbocycles. The maximum atomic E-state index is 3.10. The van der Waals surface area contributed by atoms with Crippen molar-refractivity contribution < 1.29 is 46.5 Å². The molecule has 1 aromatic heterocycles. The maximum absolute atomic E-state index is 3.10. The van der Waals surface area contributed by atoms with Crippen LogP contribution in [0.25, 0.3) is 21.7 Å². The van der Waals surface area contributed by atoms with Gasteiger partial charge in [-0.2, -0.15) is 22.2 Å². The monoisotopic (exact) mass is 434 g/mol. The van der Waals surface area contributed by atoms with Crippen LogP contribution < -0.4 is 30.0 Å². The summed E-state index contributed by atoms with van der Waals surface area (Å²) in [6.07, 6.45) is 3.09. The van der Waals surface area contributed by atoms with Crippen LogP contribution in [0.4, 0.5) is 0 Å². The fraction of sp³-hybridized carbons (Fsp3) is 0.190. The van der Waals surface area contributed by atoms with Crippen LogP contribution in [-0.2, 0) is 21.7 Å². The van der Waals surface area contributed by atoms with Crippen molar-refractivity contribution in [2.75, 3.05) is 0 Å². The van der Waals surface area contributed by atoms with E-state index in [1.165, 1.54) is 32.8 Å². The molecule has 0 saturated heterocycles. The second-order valence-corrected chi connectivity index (χ2v) is 8.82. The number of aryl methyl sites for hydroxylation is 2. The van der Waals surface area contributed by atoms with Crippen LogP contribution in [0.1, 0.15) is 11.1 Å². The first kappa shape index (κ1) is 25.1. The van der Waals surface area contributed by atoms with Crippen molar-refractivity contribution in [2.45, 2.75) is 26.9 Å². The third kappa shape index (κ3) is 5.55. The van der Waals surface area contributed by atoms with Crippen LogP contribution in [0.2, 0.25) is 13.1 Å². The summed E-state index contributed by atoms with van der Waals surface area (Å²) in [6, 6.07) is 19.5. The molecule has 0 aliphatic carbocycles. The van der Waals surface area contributed by atoms with E-state index in [1.54, 1.807) is 5.19 Å². The molecule has 0 aliphatic rings. The van der Waals surface area contributed by atoms with Crippen molar-refractivity contribution in [1.82, 2.24) is 4.98 Å². The first-order valence-electron chi connectivity index (χ1n) is 7.98. The zero-order chi connectivity index (χ0) is 16.4. The number of rotatable bonds is 1. The van der Waals surface area contributed by atoms with E-state index in [4.69, 9.17) is 0 Å². The van der Waals surface area contributed by atoms with Crippen LogP contribution in [0.3, 0.4) is 0 Å². The van der Waals surface area contributed by atoms with E-state index in [2.05, 4.69) is 92.7 Å². The second-order valence-electron chi connectivity index (χ2n) is 6.25. The average Bonchev–Trinajstić information content (AvgIpc) is 3.13. The molecule has 0 unspecified atom stereocenters. The summed E-state index contributed by atoms with van der Waals surface area (Å²) in [5.74, 6) is 0. The van der Waals surface area contributed by atoms with Crippen LogP contribution in [0.5, 0.6) is 0 Å². The van der Waals surface area contributed by atoms with Crippen molar-refractivity contribution in [3.8, 4) is 0 Å². The number of benzene rings is 2. The van der Waals surface area contributed by atoms with E-state index in [0.29, 0.717) is 0 Å². The zero-order valence-corrected chi connectivity index (χ0v) is 19.5. The van der Waals surface area contributed by atoms with Gasteiger partial charge in [0.25, 0.3) is 0 Å². The minimum atomic E-state index is -0.273. The molecule has 4 rings (SSSR count). The second kappa shape index (κ2) is 11.1. The van der Waals surface area contributed by atoms with Crippen molar-refractivity contribution >= 4 is 35.7 Å². The van der Waals surface area contributed by atoms with Gasteiger partial charge in [-0.1, -0.05) is 45.1 Å². The Morgan fingerprint density at radius 3 is 2.27 bits per heavy atom. The molecule has 0 spiro atoms. The van der Waals surface area contributed by atoms with Gasteiger partial charge in [-0.15, -0.1) is 58.4 Å². The van der Waals surface area contributed by atoms with E-state index >= 15 is 0 Å². The Balaban J connectivity index is 0.000000432. The number of hydrogen-bond donors (Lipinski definition) is 1. The Hall–Kier alpha value is -0.899. The molecule has 0 atom stereocenters. The first-order chi connectivity index (χ1) is 11.1. The largest absolute Gasteiger partial charge is 4.00 e. The van der Waals surface area contributed by atoms with Gasteiger partial charge in [-0.3, -0.25) is 0 Å². The van der Waals surface area contributed by atoms with Crippen LogP contribution in [0.15, 0.2) is 54.6 Å². The molecule has 1 radical (unpaired) electrons. The van der Waals surface area contributed by atoms with Crippen molar-refractivity contribution in [3.63, 3.8) is 0 Å². The van der Waals surface area contributed by atoms with Crippen LogP contribution in [-0.4, -0.2) is 13.8 Å². The summed E-state index contributed by atoms with van der Waals surface area (Å²) in [6.45, 7) is 8.86. The Bertz CT molecular complexity index is 910. The zero-order valence-electron chi connectivity index (χ0n) is 15.5. The maximum Gasteiger partial charge on any atom is 4.00 e. The van der Waals surface area contributed by atoms with Gasteiger partial charge < -0.3 is 29.8 Å². The normalized spacial score (nSPS) is 9.73. The van der Waals surface area contributed by atoms with Crippen LogP contribution >= 0.6 is 0 Å². The number of hydrogen-bond acceptors (Lipinski definition) is 0. The minimum Gasteiger partial charge on any atom is -1.00 e. The minimum absolute atomic E-state index is 0. The smallest absolute Gasteiger partial charge is 1.00 e. The Morgan fingerprint density at radius 2 is 1.65 bits per heavy atom. The molecular weight excluding hydrogens is 413 g/mol. The van der Waals surface area contributed by atoms with Crippen LogP contribution in [0, 0.1) is 20.0 Å². The number of aromatic amines is 1. The van der Waals surface area contributed by atoms with Crippen molar-refractivity contribution in [1.29, 1.82) is 0 Å². The average molecular weight is 435 g/mol. The van der Waals surface area contributed by atoms with Crippen molar-refractivity contribution in [3.05, 3.63) is 71.9 Å². The van der Waals surface area contributed by atoms with Gasteiger partial charge in [0, 0.05) is 0 Å². The summed E-state index contributed by atoms with van der Waals surface area (Å²) in [4.78, 5) is 3.10. The molecule has 4 aromatic rings. The molecular formula is C21H22Cl2NSiTi. The number of nitrogens with one attached hydrogen (secondary N) is 1. The van der Waals surface area contributed by atoms with Gasteiger partial charge in [0.2, 0.25) is 0 Å². The van der Waals surface area contributed by atoms with Gasteiger partial charge >= 0.3 is 21.7 Å². The van der Waals surface area contributed by atoms with Gasteiger partial charge in [-0.25, -0.2) is 0 Å². The number of aromatic nitrogens is 1. The fourth-order valence-electron chi connectivity index (χ4n) is 2.93. The molecule has 1 heterocycles. The summed E-state index contributed by atoms with van der Waals surface area (Å²) >= 11 is 0. The quantitative estimate of drug-likeness (QED) is 0.295. The fourth-order valence-corrected chi connectivity index (χ4v) is 3.82. The topological polar surface area (TPSA) is 15.8 Å². The Kier molecular flexibility index (Phi) is 10.7. The van der Waals surface area contributed by atoms with E-state index in [9.17, 15) is 0 Å². The molecule has 26 heavy (non-hydrogen) atoms. The molecule has 0 bridgehead atoms. The van der Waals surface area contributed by atoms with Crippen molar-refractivity contribution in [2.24, 2.45) is 0 Å². The third-order valence-electron chi connectivity index (χ3n) is 4.23. The summed E-state index contributed by atoms with van der Waals surface area (Å²) in [5.41, 5.74) is 3.71. The van der Waals surface area contributed by atoms with Gasteiger partial charge in [0.15, 0.2) is 0 Å². The first-order valence-corrected chi connectivity index (χ1v) is 10.5. The molecule has 1 N–H and O–H groups in total. The summed E-state index contributed by atoms with van der Waals surface area (Å²) < 4.78 is 0. The summed E-state index contributed by atoms with van der Waals surface area (Å²) in [7, 11) is -0.273. The van der Waals surface area contributed by atoms with E-state index < -0.39 is 0 Å². The predicted molar refractivity (Wildman–Crippen MR) is 103 cm³/mol. The van der Waals surface area contributed by atoms with E-state index in [0.717, 1.165) is 0 Å².